The van der Waals surface area contributed by atoms with Crippen LogP contribution in [0.3, 0.4) is 0 Å². The number of aromatic nitrogens is 1. The maximum Gasteiger partial charge on any atom is 0.246 e. The van der Waals surface area contributed by atoms with Crippen LogP contribution in [0, 0.1) is 6.92 Å². The molecule has 0 saturated carbocycles. The molecule has 2 amide bonds. The number of hydrogen-bond donors (Lipinski definition) is 1. The maximum atomic E-state index is 11.6. The molecule has 0 saturated heterocycles. The fourth-order valence-electron chi connectivity index (χ4n) is 1.38. The highest BCUT2D eigenvalue weighted by atomic mass is 16.3. The minimum atomic E-state index is -0.261. The molecule has 1 aromatic rings. The van der Waals surface area contributed by atoms with E-state index in [-0.39, 0.29) is 24.9 Å². The van der Waals surface area contributed by atoms with Crippen molar-refractivity contribution in [2.75, 3.05) is 13.1 Å². The summed E-state index contributed by atoms with van der Waals surface area (Å²) in [5, 5.41) is 2.67. The van der Waals surface area contributed by atoms with Gasteiger partial charge in [-0.25, -0.2) is 4.98 Å². The zero-order chi connectivity index (χ0) is 13.5. The lowest BCUT2D eigenvalue weighted by molar-refractivity contribution is -0.132. The van der Waals surface area contributed by atoms with E-state index in [0.29, 0.717) is 12.3 Å². The number of nitrogens with one attached hydrogen (secondary N) is 1. The first kappa shape index (κ1) is 14.0. The predicted octanol–water partition coefficient (Wildman–Crippen LogP) is 0.634. The van der Waals surface area contributed by atoms with Crippen LogP contribution in [-0.4, -0.2) is 34.8 Å². The van der Waals surface area contributed by atoms with Crippen molar-refractivity contribution in [1.29, 1.82) is 0 Å². The first-order valence-electron chi connectivity index (χ1n) is 5.65. The van der Waals surface area contributed by atoms with E-state index in [2.05, 4.69) is 16.9 Å². The molecule has 1 N–H and O–H groups in total. The van der Waals surface area contributed by atoms with E-state index in [0.717, 1.165) is 5.69 Å². The molecule has 6 nitrogen and oxygen atoms in total. The Morgan fingerprint density at radius 1 is 1.61 bits per heavy atom. The fraction of sp³-hybridized carbons (Fsp3) is 0.417. The molecule has 1 aromatic heterocycles. The number of oxazole rings is 1. The van der Waals surface area contributed by atoms with Crippen LogP contribution in [0.2, 0.25) is 0 Å². The van der Waals surface area contributed by atoms with Gasteiger partial charge in [0.1, 0.15) is 5.76 Å². The second-order valence-corrected chi connectivity index (χ2v) is 3.69. The zero-order valence-electron chi connectivity index (χ0n) is 10.6. The minimum Gasteiger partial charge on any atom is -0.446 e. The van der Waals surface area contributed by atoms with Gasteiger partial charge < -0.3 is 14.6 Å². The summed E-state index contributed by atoms with van der Waals surface area (Å²) in [4.78, 5) is 28.3. The third-order valence-electron chi connectivity index (χ3n) is 2.49. The highest BCUT2D eigenvalue weighted by Gasteiger charge is 2.13. The van der Waals surface area contributed by atoms with Crippen molar-refractivity contribution >= 4 is 11.8 Å². The van der Waals surface area contributed by atoms with E-state index in [4.69, 9.17) is 4.42 Å². The predicted molar refractivity (Wildman–Crippen MR) is 65.5 cm³/mol. The van der Waals surface area contributed by atoms with Gasteiger partial charge in [0.05, 0.1) is 18.8 Å². The molecule has 0 fully saturated rings. The van der Waals surface area contributed by atoms with E-state index in [1.54, 1.807) is 13.8 Å². The molecule has 0 aromatic carbocycles. The molecular weight excluding hydrogens is 234 g/mol. The molecule has 1 rings (SSSR count). The summed E-state index contributed by atoms with van der Waals surface area (Å²) in [5.41, 5.74) is 0.741. The number of carbonyl (C=O) groups excluding carboxylic acids is 2. The summed E-state index contributed by atoms with van der Waals surface area (Å²) in [6, 6.07) is 0. The van der Waals surface area contributed by atoms with Gasteiger partial charge in [0, 0.05) is 6.54 Å². The number of amides is 2. The lowest BCUT2D eigenvalue weighted by Gasteiger charge is -2.18. The van der Waals surface area contributed by atoms with Crippen molar-refractivity contribution in [1.82, 2.24) is 15.2 Å². The summed E-state index contributed by atoms with van der Waals surface area (Å²) in [7, 11) is 0. The molecule has 0 atom stereocenters. The lowest BCUT2D eigenvalue weighted by Crippen LogP contribution is -2.39. The van der Waals surface area contributed by atoms with Gasteiger partial charge in [-0.05, 0) is 19.9 Å². The van der Waals surface area contributed by atoms with Gasteiger partial charge in [-0.1, -0.05) is 6.58 Å². The first-order chi connectivity index (χ1) is 8.58. The van der Waals surface area contributed by atoms with Crippen LogP contribution in [0.4, 0.5) is 0 Å². The minimum absolute atomic E-state index is 0.00847. The second-order valence-electron chi connectivity index (χ2n) is 3.69. The van der Waals surface area contributed by atoms with Crippen molar-refractivity contribution < 1.29 is 14.0 Å². The third-order valence-corrected chi connectivity index (χ3v) is 2.49. The average Bonchev–Trinajstić information content (AvgIpc) is 2.78. The standard InChI is InChI=1S/C12H17N3O3/c1-4-12(17)15(5-2)7-11(16)13-6-10-9(3)14-8-18-10/h4,8H,1,5-7H2,2-3H3,(H,13,16). The van der Waals surface area contributed by atoms with Crippen molar-refractivity contribution in [3.05, 3.63) is 30.5 Å². The van der Waals surface area contributed by atoms with E-state index < -0.39 is 0 Å². The van der Waals surface area contributed by atoms with Crippen LogP contribution in [0.25, 0.3) is 0 Å². The molecule has 0 bridgehead atoms. The zero-order valence-corrected chi connectivity index (χ0v) is 10.6. The second kappa shape index (κ2) is 6.58. The SMILES string of the molecule is C=CC(=O)N(CC)CC(=O)NCc1ocnc1C. The average molecular weight is 251 g/mol. The van der Waals surface area contributed by atoms with Gasteiger partial charge in [0.25, 0.3) is 0 Å². The van der Waals surface area contributed by atoms with Gasteiger partial charge >= 0.3 is 0 Å². The number of nitrogens with zero attached hydrogens (tertiary/aromatic N) is 2. The summed E-state index contributed by atoms with van der Waals surface area (Å²) < 4.78 is 5.09. The summed E-state index contributed by atoms with van der Waals surface area (Å²) in [6.45, 7) is 7.72. The molecule has 0 aliphatic rings. The molecule has 0 aliphatic carbocycles. The van der Waals surface area contributed by atoms with Gasteiger partial charge in [0.15, 0.2) is 6.39 Å². The highest BCUT2D eigenvalue weighted by molar-refractivity contribution is 5.90. The van der Waals surface area contributed by atoms with Crippen LogP contribution in [0.5, 0.6) is 0 Å². The van der Waals surface area contributed by atoms with Gasteiger partial charge in [0.2, 0.25) is 11.8 Å². The molecule has 18 heavy (non-hydrogen) atoms. The molecule has 0 radical (unpaired) electrons. The van der Waals surface area contributed by atoms with Crippen LogP contribution in [0.15, 0.2) is 23.5 Å². The van der Waals surface area contributed by atoms with Crippen LogP contribution in [-0.2, 0) is 16.1 Å². The molecule has 98 valence electrons. The molecule has 1 heterocycles. The van der Waals surface area contributed by atoms with Gasteiger partial charge in [-0.2, -0.15) is 0 Å². The first-order valence-corrected chi connectivity index (χ1v) is 5.65. The Morgan fingerprint density at radius 2 is 2.33 bits per heavy atom. The Kier molecular flexibility index (Phi) is 5.10. The van der Waals surface area contributed by atoms with E-state index >= 15 is 0 Å². The van der Waals surface area contributed by atoms with Crippen molar-refractivity contribution in [3.8, 4) is 0 Å². The smallest absolute Gasteiger partial charge is 0.246 e. The van der Waals surface area contributed by atoms with E-state index in [1.807, 2.05) is 0 Å². The van der Waals surface area contributed by atoms with Crippen LogP contribution < -0.4 is 5.32 Å². The number of hydrogen-bond acceptors (Lipinski definition) is 4. The summed E-state index contributed by atoms with van der Waals surface area (Å²) >= 11 is 0. The number of carbonyl (C=O) groups is 2. The van der Waals surface area contributed by atoms with Crippen molar-refractivity contribution in [2.45, 2.75) is 20.4 Å². The Labute approximate surface area is 106 Å². The summed E-state index contributed by atoms with van der Waals surface area (Å²) in [5.74, 6) is 0.104. The van der Waals surface area contributed by atoms with E-state index in [9.17, 15) is 9.59 Å². The Morgan fingerprint density at radius 3 is 2.83 bits per heavy atom. The van der Waals surface area contributed by atoms with Crippen LogP contribution >= 0.6 is 0 Å². The van der Waals surface area contributed by atoms with Gasteiger partial charge in [-0.15, -0.1) is 0 Å². The van der Waals surface area contributed by atoms with Crippen molar-refractivity contribution in [2.24, 2.45) is 0 Å². The highest BCUT2D eigenvalue weighted by Crippen LogP contribution is 2.03. The normalized spacial score (nSPS) is 9.89. The number of aryl methyl sites for hydroxylation is 1. The summed E-state index contributed by atoms with van der Waals surface area (Å²) in [6.07, 6.45) is 2.52. The Bertz CT molecular complexity index is 440. The largest absolute Gasteiger partial charge is 0.446 e. The Hall–Kier alpha value is -2.11. The van der Waals surface area contributed by atoms with E-state index in [1.165, 1.54) is 17.4 Å². The number of rotatable bonds is 6. The lowest BCUT2D eigenvalue weighted by atomic mass is 10.3. The molecule has 0 aliphatic heterocycles. The third kappa shape index (κ3) is 3.73. The topological polar surface area (TPSA) is 75.4 Å². The molecular formula is C12H17N3O3. The molecule has 6 heteroatoms. The van der Waals surface area contributed by atoms with Crippen LogP contribution in [0.1, 0.15) is 18.4 Å². The Balaban J connectivity index is 2.44. The molecule has 0 spiro atoms. The van der Waals surface area contributed by atoms with Crippen molar-refractivity contribution in [3.63, 3.8) is 0 Å². The number of likely N-dealkylation sites (N-methyl/N-ethyl adjacent to an activating group) is 1. The quantitative estimate of drug-likeness (QED) is 0.752. The molecule has 0 unspecified atom stereocenters. The monoisotopic (exact) mass is 251 g/mol. The van der Waals surface area contributed by atoms with Gasteiger partial charge in [-0.3, -0.25) is 9.59 Å². The fourth-order valence-corrected chi connectivity index (χ4v) is 1.38. The maximum absolute atomic E-state index is 11.6.